The van der Waals surface area contributed by atoms with E-state index >= 15 is 0 Å². The number of alkyl halides is 4. The van der Waals surface area contributed by atoms with Crippen LogP contribution in [0.15, 0.2) is 63.2 Å². The Labute approximate surface area is 324 Å². The molecule has 0 heterocycles. The third kappa shape index (κ3) is 7.53. The Morgan fingerprint density at radius 1 is 0.561 bits per heavy atom. The van der Waals surface area contributed by atoms with Gasteiger partial charge in [-0.05, 0) is 67.3 Å². The van der Waals surface area contributed by atoms with Gasteiger partial charge in [0.05, 0.1) is 18.6 Å². The van der Waals surface area contributed by atoms with Crippen LogP contribution in [-0.2, 0) is 5.41 Å². The minimum Gasteiger partial charge on any atom is -0.491 e. The Bertz CT molecular complexity index is 1490. The summed E-state index contributed by atoms with van der Waals surface area (Å²) in [5.41, 5.74) is 1.91. The van der Waals surface area contributed by atoms with Gasteiger partial charge >= 0.3 is 0 Å². The maximum absolute atomic E-state index is 6.38. The van der Waals surface area contributed by atoms with Gasteiger partial charge in [-0.2, -0.15) is 0 Å². The summed E-state index contributed by atoms with van der Waals surface area (Å²) in [4.78, 5) is 0.367. The van der Waals surface area contributed by atoms with Crippen LogP contribution in [-0.4, -0.2) is 33.5 Å². The van der Waals surface area contributed by atoms with Crippen molar-refractivity contribution in [3.63, 3.8) is 0 Å². The molecule has 0 radical (unpaired) electrons. The summed E-state index contributed by atoms with van der Waals surface area (Å²) in [6.07, 6.45) is 0. The van der Waals surface area contributed by atoms with E-state index in [2.05, 4.69) is 210 Å². The van der Waals surface area contributed by atoms with Crippen molar-refractivity contribution in [2.75, 3.05) is 23.9 Å². The van der Waals surface area contributed by atoms with E-state index in [-0.39, 0.29) is 9.65 Å². The predicted octanol–water partition coefficient (Wildman–Crippen LogP) is 14.0. The molecule has 220 valence electrons. The maximum atomic E-state index is 6.38. The van der Waals surface area contributed by atoms with Gasteiger partial charge in [0.15, 0.2) is 0 Å². The van der Waals surface area contributed by atoms with Gasteiger partial charge in [-0.3, -0.25) is 0 Å². The second-order valence-corrected chi connectivity index (χ2v) is 18.8. The highest BCUT2D eigenvalue weighted by Gasteiger charge is 2.32. The summed E-state index contributed by atoms with van der Waals surface area (Å²) >= 11 is 37.3. The van der Waals surface area contributed by atoms with E-state index in [1.807, 2.05) is 0 Å². The SMILES string of the molecule is CC(C)(c1ccc(Br)c2c(OCC(Br)CBr)c(Br)cc(Br)c12)c1ccc(Br)c2c(OCC(Br)CBr)c(Br)cc(Br)c12. The Morgan fingerprint density at radius 3 is 1.27 bits per heavy atom. The van der Waals surface area contributed by atoms with Crippen LogP contribution >= 0.6 is 159 Å². The van der Waals surface area contributed by atoms with Crippen molar-refractivity contribution in [3.05, 3.63) is 74.4 Å². The lowest BCUT2D eigenvalue weighted by atomic mass is 9.74. The van der Waals surface area contributed by atoms with Gasteiger partial charge in [-0.1, -0.05) is 153 Å². The first-order valence-corrected chi connectivity index (χ1v) is 21.0. The summed E-state index contributed by atoms with van der Waals surface area (Å²) in [5, 5.41) is 5.78. The molecule has 0 spiro atoms. The molecule has 41 heavy (non-hydrogen) atoms. The molecule has 0 saturated carbocycles. The Hall–Kier alpha value is 1.80. The molecule has 4 aromatic carbocycles. The molecule has 2 atom stereocenters. The molecule has 4 aromatic rings. The van der Waals surface area contributed by atoms with Crippen LogP contribution in [0.5, 0.6) is 11.5 Å². The highest BCUT2D eigenvalue weighted by molar-refractivity contribution is 9.13. The molecule has 4 rings (SSSR count). The van der Waals surface area contributed by atoms with Crippen LogP contribution in [0.25, 0.3) is 21.5 Å². The highest BCUT2D eigenvalue weighted by atomic mass is 79.9. The van der Waals surface area contributed by atoms with Crippen molar-refractivity contribution >= 4 is 181 Å². The number of halogens is 10. The predicted molar refractivity (Wildman–Crippen MR) is 210 cm³/mol. The lowest BCUT2D eigenvalue weighted by Gasteiger charge is -2.31. The number of hydrogen-bond acceptors (Lipinski definition) is 2. The highest BCUT2D eigenvalue weighted by Crippen LogP contribution is 2.51. The smallest absolute Gasteiger partial charge is 0.142 e. The van der Waals surface area contributed by atoms with Crippen molar-refractivity contribution < 1.29 is 9.47 Å². The molecule has 2 unspecified atom stereocenters. The van der Waals surface area contributed by atoms with Crippen LogP contribution < -0.4 is 9.47 Å². The summed E-state index contributed by atoms with van der Waals surface area (Å²) in [6.45, 7) is 5.57. The number of rotatable bonds is 10. The molecule has 0 aliphatic heterocycles. The first-order chi connectivity index (χ1) is 19.3. The van der Waals surface area contributed by atoms with Crippen molar-refractivity contribution in [2.45, 2.75) is 28.9 Å². The minimum absolute atomic E-state index is 0.183. The minimum atomic E-state index is -0.416. The number of ether oxygens (including phenoxy) is 2. The zero-order valence-corrected chi connectivity index (χ0v) is 37.4. The molecular weight excluding hydrogens is 1180 g/mol. The van der Waals surface area contributed by atoms with E-state index in [1.54, 1.807) is 0 Å². The topological polar surface area (TPSA) is 18.5 Å². The van der Waals surface area contributed by atoms with Crippen molar-refractivity contribution in [1.82, 2.24) is 0 Å². The van der Waals surface area contributed by atoms with Gasteiger partial charge in [0.1, 0.15) is 24.7 Å². The molecular formula is C29H22Br10O2. The molecule has 0 bridgehead atoms. The standard InChI is InChI=1S/C29H22Br10O2/c1-29(2,15-3-5-17(34)25-23(15)19(36)7-21(38)27(25)40-11-13(32)9-30)16-4-6-18(35)26-24(16)20(37)8-22(39)28(26)41-12-14(33)10-31/h3-8,13-14H,9-12H2,1-2H3. The van der Waals surface area contributed by atoms with Crippen molar-refractivity contribution in [3.8, 4) is 11.5 Å². The molecule has 2 nitrogen and oxygen atoms in total. The Kier molecular flexibility index (Phi) is 13.2. The van der Waals surface area contributed by atoms with Crippen molar-refractivity contribution in [2.24, 2.45) is 0 Å². The Morgan fingerprint density at radius 2 is 0.927 bits per heavy atom. The second-order valence-electron chi connectivity index (χ2n) is 9.78. The van der Waals surface area contributed by atoms with Gasteiger partial charge < -0.3 is 9.47 Å². The van der Waals surface area contributed by atoms with Crippen LogP contribution in [0.2, 0.25) is 0 Å². The average molecular weight is 1200 g/mol. The fraction of sp³-hybridized carbons (Fsp3) is 0.310. The van der Waals surface area contributed by atoms with E-state index in [1.165, 1.54) is 0 Å². The number of benzene rings is 4. The largest absolute Gasteiger partial charge is 0.491 e. The zero-order chi connectivity index (χ0) is 30.2. The molecule has 0 amide bonds. The van der Waals surface area contributed by atoms with E-state index < -0.39 is 5.41 Å². The average Bonchev–Trinajstić information content (AvgIpc) is 2.92. The van der Waals surface area contributed by atoms with E-state index in [4.69, 9.17) is 9.47 Å². The molecule has 0 fully saturated rings. The van der Waals surface area contributed by atoms with E-state index in [0.717, 1.165) is 81.7 Å². The number of hydrogen-bond donors (Lipinski definition) is 0. The molecule has 12 heteroatoms. The van der Waals surface area contributed by atoms with Gasteiger partial charge in [-0.25, -0.2) is 0 Å². The lowest BCUT2D eigenvalue weighted by Crippen LogP contribution is -2.21. The van der Waals surface area contributed by atoms with Crippen LogP contribution in [0.3, 0.4) is 0 Å². The summed E-state index contributed by atoms with van der Waals surface area (Å²) in [6, 6.07) is 12.8. The van der Waals surface area contributed by atoms with Gasteiger partial charge in [-0.15, -0.1) is 0 Å². The van der Waals surface area contributed by atoms with E-state index in [0.29, 0.717) is 13.2 Å². The van der Waals surface area contributed by atoms with Crippen LogP contribution in [0, 0.1) is 0 Å². The summed E-state index contributed by atoms with van der Waals surface area (Å²) in [5.74, 6) is 1.60. The summed E-state index contributed by atoms with van der Waals surface area (Å²) < 4.78 is 18.4. The molecule has 0 aliphatic carbocycles. The van der Waals surface area contributed by atoms with Gasteiger partial charge in [0.2, 0.25) is 0 Å². The molecule has 0 aromatic heterocycles. The summed E-state index contributed by atoms with van der Waals surface area (Å²) in [7, 11) is 0. The monoisotopic (exact) mass is 1190 g/mol. The number of fused-ring (bicyclic) bond motifs is 2. The van der Waals surface area contributed by atoms with Gasteiger partial charge in [0.25, 0.3) is 0 Å². The van der Waals surface area contributed by atoms with Crippen molar-refractivity contribution in [1.29, 1.82) is 0 Å². The molecule has 0 saturated heterocycles. The lowest BCUT2D eigenvalue weighted by molar-refractivity contribution is 0.327. The van der Waals surface area contributed by atoms with Gasteiger partial charge in [0, 0.05) is 55.5 Å². The first-order valence-electron chi connectivity index (χ1n) is 12.2. The normalized spacial score (nSPS) is 13.6. The zero-order valence-electron chi connectivity index (χ0n) is 21.5. The fourth-order valence-corrected chi connectivity index (χ4v) is 9.38. The third-order valence-electron chi connectivity index (χ3n) is 6.68. The van der Waals surface area contributed by atoms with Crippen LogP contribution in [0.4, 0.5) is 0 Å². The van der Waals surface area contributed by atoms with E-state index in [9.17, 15) is 0 Å². The van der Waals surface area contributed by atoms with Crippen LogP contribution in [0.1, 0.15) is 25.0 Å². The maximum Gasteiger partial charge on any atom is 0.142 e. The fourth-order valence-electron chi connectivity index (χ4n) is 4.74. The third-order valence-corrected chi connectivity index (χ3v) is 14.9. The second kappa shape index (κ2) is 15.1. The quantitative estimate of drug-likeness (QED) is 0.147. The molecule has 0 N–H and O–H groups in total. The first kappa shape index (κ1) is 35.7. The Balaban J connectivity index is 2.00. The molecule has 0 aliphatic rings.